The van der Waals surface area contributed by atoms with Gasteiger partial charge in [0, 0.05) is 12.8 Å². The van der Waals surface area contributed by atoms with E-state index in [1.54, 1.807) is 34.6 Å². The molecule has 33 heavy (non-hydrogen) atoms. The quantitative estimate of drug-likeness (QED) is 0.163. The average Bonchev–Trinajstić information content (AvgIpc) is 3.11. The van der Waals surface area contributed by atoms with Crippen LogP contribution in [-0.2, 0) is 36.0 Å². The number of hydrogen-bond donors (Lipinski definition) is 0. The summed E-state index contributed by atoms with van der Waals surface area (Å²) < 4.78 is 71.1. The number of unbranched alkanes of at least 4 members (excludes halogenated alkanes) is 4. The van der Waals surface area contributed by atoms with Gasteiger partial charge in [-0.15, -0.1) is 0 Å². The number of carbonyl (C=O) groups is 1. The second kappa shape index (κ2) is 13.4. The molecule has 192 valence electrons. The van der Waals surface area contributed by atoms with Crippen LogP contribution in [0.3, 0.4) is 0 Å². The van der Waals surface area contributed by atoms with Crippen molar-refractivity contribution in [2.75, 3.05) is 13.2 Å². The first-order valence-electron chi connectivity index (χ1n) is 11.3. The summed E-state index contributed by atoms with van der Waals surface area (Å²) in [6, 6.07) is 0. The van der Waals surface area contributed by atoms with Gasteiger partial charge in [0.15, 0.2) is 11.5 Å². The Hall–Kier alpha value is -1.45. The average molecular weight is 500 g/mol. The van der Waals surface area contributed by atoms with Crippen molar-refractivity contribution < 1.29 is 40.8 Å². The lowest BCUT2D eigenvalue weighted by Gasteiger charge is -2.27. The predicted molar refractivity (Wildman–Crippen MR) is 116 cm³/mol. The van der Waals surface area contributed by atoms with Crippen LogP contribution in [0.15, 0.2) is 4.52 Å². The van der Waals surface area contributed by atoms with Gasteiger partial charge in [-0.3, -0.25) is 9.36 Å². The molecule has 0 aliphatic carbocycles. The number of hydrogen-bond acceptors (Lipinski definition) is 8. The molecular weight excluding hydrogens is 464 g/mol. The summed E-state index contributed by atoms with van der Waals surface area (Å²) in [7, 11) is -3.86. The molecule has 0 aliphatic heterocycles. The van der Waals surface area contributed by atoms with Gasteiger partial charge in [0.25, 0.3) is 0 Å². The highest BCUT2D eigenvalue weighted by Crippen LogP contribution is 2.54. The van der Waals surface area contributed by atoms with E-state index in [0.717, 1.165) is 6.42 Å². The summed E-state index contributed by atoms with van der Waals surface area (Å²) >= 11 is 0. The van der Waals surface area contributed by atoms with Gasteiger partial charge in [0.2, 0.25) is 5.89 Å². The second-order valence-electron chi connectivity index (χ2n) is 8.62. The standard InChI is InChI=1S/C21H36F3N2O6P/c1-6-29-33(28,30-7-2)16(19(27)31-20(3,4)5)15-18-25-17(26-32-18)13-11-9-8-10-12-14-21(22,23)24/h16H,6-15H2,1-5H3. The molecule has 1 rings (SSSR count). The number of alkyl halides is 3. The van der Waals surface area contributed by atoms with Gasteiger partial charge >= 0.3 is 19.7 Å². The van der Waals surface area contributed by atoms with E-state index in [0.29, 0.717) is 31.5 Å². The van der Waals surface area contributed by atoms with Crippen molar-refractivity contribution in [1.82, 2.24) is 10.1 Å². The summed E-state index contributed by atoms with van der Waals surface area (Å²) in [4.78, 5) is 17.1. The third-order valence-corrected chi connectivity index (χ3v) is 6.81. The minimum Gasteiger partial charge on any atom is -0.459 e. The highest BCUT2D eigenvalue weighted by molar-refractivity contribution is 7.55. The Morgan fingerprint density at radius 1 is 1.03 bits per heavy atom. The number of halogens is 3. The normalized spacial score (nSPS) is 13.8. The monoisotopic (exact) mass is 500 g/mol. The largest absolute Gasteiger partial charge is 0.459 e. The van der Waals surface area contributed by atoms with Gasteiger partial charge in [-0.1, -0.05) is 24.4 Å². The lowest BCUT2D eigenvalue weighted by Crippen LogP contribution is -2.34. The molecule has 0 spiro atoms. The summed E-state index contributed by atoms with van der Waals surface area (Å²) in [5.41, 5.74) is -2.07. The molecule has 1 aromatic rings. The minimum atomic E-state index is -4.10. The SMILES string of the molecule is CCOP(=O)(OCC)C(Cc1nc(CCCCCCCC(F)(F)F)no1)C(=O)OC(C)(C)C. The molecule has 0 saturated heterocycles. The number of aryl methyl sites for hydroxylation is 1. The fraction of sp³-hybridized carbons (Fsp3) is 0.857. The zero-order valence-electron chi connectivity index (χ0n) is 20.1. The number of rotatable bonds is 15. The number of esters is 1. The Kier molecular flexibility index (Phi) is 12.0. The van der Waals surface area contributed by atoms with Crippen LogP contribution in [0.4, 0.5) is 13.2 Å². The van der Waals surface area contributed by atoms with Crippen LogP contribution in [0, 0.1) is 0 Å². The van der Waals surface area contributed by atoms with E-state index in [4.69, 9.17) is 18.3 Å². The molecule has 0 aliphatic rings. The lowest BCUT2D eigenvalue weighted by atomic mass is 10.1. The first-order chi connectivity index (χ1) is 15.3. The third-order valence-electron chi connectivity index (χ3n) is 4.42. The Labute approximate surface area is 193 Å². The van der Waals surface area contributed by atoms with Gasteiger partial charge < -0.3 is 18.3 Å². The summed E-state index contributed by atoms with van der Waals surface area (Å²) in [6.45, 7) is 8.53. The van der Waals surface area contributed by atoms with Gasteiger partial charge in [-0.2, -0.15) is 18.2 Å². The molecule has 0 radical (unpaired) electrons. The fourth-order valence-electron chi connectivity index (χ4n) is 3.05. The molecule has 1 aromatic heterocycles. The topological polar surface area (TPSA) is 101 Å². The smallest absolute Gasteiger partial charge is 0.389 e. The number of carbonyl (C=O) groups excluding carboxylic acids is 1. The Morgan fingerprint density at radius 2 is 1.61 bits per heavy atom. The van der Waals surface area contributed by atoms with Crippen LogP contribution in [-0.4, -0.2) is 46.8 Å². The predicted octanol–water partition coefficient (Wildman–Crippen LogP) is 6.03. The highest BCUT2D eigenvalue weighted by Gasteiger charge is 2.44. The van der Waals surface area contributed by atoms with Crippen molar-refractivity contribution in [2.24, 2.45) is 0 Å². The molecule has 0 amide bonds. The third kappa shape index (κ3) is 12.0. The molecule has 0 bridgehead atoms. The van der Waals surface area contributed by atoms with Gasteiger partial charge in [-0.05, 0) is 47.5 Å². The number of nitrogens with zero attached hydrogens (tertiary/aromatic N) is 2. The molecule has 0 saturated carbocycles. The highest BCUT2D eigenvalue weighted by atomic mass is 31.2. The summed E-state index contributed by atoms with van der Waals surface area (Å²) in [6.07, 6.45) is -1.79. The van der Waals surface area contributed by atoms with Gasteiger partial charge in [-0.25, -0.2) is 0 Å². The van der Waals surface area contributed by atoms with Gasteiger partial charge in [0.1, 0.15) is 5.60 Å². The Balaban J connectivity index is 2.72. The Morgan fingerprint density at radius 3 is 2.15 bits per heavy atom. The number of aromatic nitrogens is 2. The summed E-state index contributed by atoms with van der Waals surface area (Å²) in [5.74, 6) is -0.233. The second-order valence-corrected chi connectivity index (χ2v) is 10.8. The van der Waals surface area contributed by atoms with Crippen LogP contribution in [0.1, 0.15) is 84.9 Å². The molecule has 8 nitrogen and oxygen atoms in total. The number of ether oxygens (including phenoxy) is 1. The van der Waals surface area contributed by atoms with Gasteiger partial charge in [0.05, 0.1) is 19.6 Å². The van der Waals surface area contributed by atoms with Crippen LogP contribution in [0.5, 0.6) is 0 Å². The lowest BCUT2D eigenvalue weighted by molar-refractivity contribution is -0.154. The van der Waals surface area contributed by atoms with Crippen molar-refractivity contribution in [3.63, 3.8) is 0 Å². The molecule has 1 heterocycles. The maximum Gasteiger partial charge on any atom is 0.389 e. The van der Waals surface area contributed by atoms with Crippen LogP contribution in [0.25, 0.3) is 0 Å². The maximum atomic E-state index is 13.3. The fourth-order valence-corrected chi connectivity index (χ4v) is 4.89. The van der Waals surface area contributed by atoms with Crippen LogP contribution >= 0.6 is 7.60 Å². The molecule has 12 heteroatoms. The van der Waals surface area contributed by atoms with Crippen molar-refractivity contribution in [3.05, 3.63) is 11.7 Å². The van der Waals surface area contributed by atoms with E-state index >= 15 is 0 Å². The van der Waals surface area contributed by atoms with E-state index in [1.807, 2.05) is 0 Å². The van der Waals surface area contributed by atoms with Crippen molar-refractivity contribution in [1.29, 1.82) is 0 Å². The summed E-state index contributed by atoms with van der Waals surface area (Å²) in [5, 5.41) is 3.89. The van der Waals surface area contributed by atoms with Crippen LogP contribution < -0.4 is 0 Å². The van der Waals surface area contributed by atoms with E-state index in [9.17, 15) is 22.5 Å². The molecule has 0 N–H and O–H groups in total. The zero-order valence-corrected chi connectivity index (χ0v) is 21.0. The molecular formula is C21H36F3N2O6P. The van der Waals surface area contributed by atoms with Crippen molar-refractivity contribution in [2.45, 2.75) is 103 Å². The first-order valence-corrected chi connectivity index (χ1v) is 12.9. The maximum absolute atomic E-state index is 13.3. The molecule has 0 aromatic carbocycles. The molecule has 0 fully saturated rings. The molecule has 1 unspecified atom stereocenters. The Bertz CT molecular complexity index is 754. The zero-order chi connectivity index (χ0) is 25.1. The minimum absolute atomic E-state index is 0.0780. The van der Waals surface area contributed by atoms with E-state index in [2.05, 4.69) is 10.1 Å². The van der Waals surface area contributed by atoms with E-state index in [-0.39, 0.29) is 31.9 Å². The van der Waals surface area contributed by atoms with Crippen molar-refractivity contribution in [3.8, 4) is 0 Å². The first kappa shape index (κ1) is 29.6. The molecule has 1 atom stereocenters. The van der Waals surface area contributed by atoms with E-state index < -0.39 is 37.4 Å². The van der Waals surface area contributed by atoms with Crippen LogP contribution in [0.2, 0.25) is 0 Å². The van der Waals surface area contributed by atoms with Crippen molar-refractivity contribution >= 4 is 13.6 Å². The van der Waals surface area contributed by atoms with E-state index in [1.165, 1.54) is 0 Å².